The van der Waals surface area contributed by atoms with Gasteiger partial charge in [0.15, 0.2) is 0 Å². The second kappa shape index (κ2) is 10.0. The third kappa shape index (κ3) is 5.51. The van der Waals surface area contributed by atoms with Crippen molar-refractivity contribution < 1.29 is 4.79 Å². The van der Waals surface area contributed by atoms with E-state index < -0.39 is 0 Å². The second-order valence-electron chi connectivity index (χ2n) is 9.08. The van der Waals surface area contributed by atoms with Crippen LogP contribution in [0.2, 0.25) is 0 Å². The van der Waals surface area contributed by atoms with E-state index in [2.05, 4.69) is 48.2 Å². The van der Waals surface area contributed by atoms with Crippen molar-refractivity contribution in [1.29, 1.82) is 0 Å². The van der Waals surface area contributed by atoms with Crippen LogP contribution in [-0.2, 0) is 17.9 Å². The number of carbonyl (C=O) groups is 1. The van der Waals surface area contributed by atoms with Gasteiger partial charge >= 0.3 is 0 Å². The lowest BCUT2D eigenvalue weighted by molar-refractivity contribution is -0.125. The van der Waals surface area contributed by atoms with Gasteiger partial charge in [-0.05, 0) is 55.9 Å². The van der Waals surface area contributed by atoms with E-state index in [0.717, 1.165) is 30.6 Å². The lowest BCUT2D eigenvalue weighted by Crippen LogP contribution is -2.43. The van der Waals surface area contributed by atoms with Gasteiger partial charge in [0.05, 0.1) is 24.3 Å². The summed E-state index contributed by atoms with van der Waals surface area (Å²) in [6, 6.07) is 15.8. The first-order chi connectivity index (χ1) is 15.9. The van der Waals surface area contributed by atoms with Gasteiger partial charge in [-0.3, -0.25) is 9.59 Å². The van der Waals surface area contributed by atoms with Crippen molar-refractivity contribution in [3.05, 3.63) is 92.9 Å². The highest BCUT2D eigenvalue weighted by atomic mass is 16.2. The molecule has 3 aromatic rings. The normalized spacial score (nSPS) is 16.0. The molecule has 0 unspecified atom stereocenters. The molecule has 1 atom stereocenters. The lowest BCUT2D eigenvalue weighted by Gasteiger charge is -2.33. The summed E-state index contributed by atoms with van der Waals surface area (Å²) < 4.78 is 1.47. The van der Waals surface area contributed by atoms with Gasteiger partial charge in [0.25, 0.3) is 5.56 Å². The maximum atomic E-state index is 12.9. The number of amides is 1. The van der Waals surface area contributed by atoms with E-state index in [1.807, 2.05) is 30.3 Å². The molecule has 0 spiro atoms. The van der Waals surface area contributed by atoms with Crippen molar-refractivity contribution in [3.63, 3.8) is 0 Å². The Morgan fingerprint density at radius 2 is 1.82 bits per heavy atom. The van der Waals surface area contributed by atoms with E-state index >= 15 is 0 Å². The average molecular weight is 445 g/mol. The molecular formula is C27H32N4O2. The van der Waals surface area contributed by atoms with Crippen molar-refractivity contribution in [3.8, 4) is 0 Å². The Hall–Kier alpha value is -3.41. The molecule has 6 nitrogen and oxygen atoms in total. The van der Waals surface area contributed by atoms with E-state index in [0.29, 0.717) is 19.6 Å². The third-order valence-electron chi connectivity index (χ3n) is 6.47. The summed E-state index contributed by atoms with van der Waals surface area (Å²) in [4.78, 5) is 27.7. The number of aromatic nitrogens is 2. The van der Waals surface area contributed by atoms with Gasteiger partial charge < -0.3 is 10.2 Å². The quantitative estimate of drug-likeness (QED) is 0.629. The fourth-order valence-corrected chi connectivity index (χ4v) is 4.71. The predicted molar refractivity (Wildman–Crippen MR) is 131 cm³/mol. The summed E-state index contributed by atoms with van der Waals surface area (Å²) in [6.07, 6.45) is 3.50. The van der Waals surface area contributed by atoms with Crippen LogP contribution in [0.1, 0.15) is 40.7 Å². The fraction of sp³-hybridized carbons (Fsp3) is 0.370. The molecule has 0 aliphatic carbocycles. The Balaban J connectivity index is 1.39. The number of hydrogen-bond acceptors (Lipinski definition) is 4. The smallest absolute Gasteiger partial charge is 0.269 e. The zero-order valence-electron chi connectivity index (χ0n) is 19.7. The minimum Gasteiger partial charge on any atom is -0.369 e. The van der Waals surface area contributed by atoms with E-state index in [1.165, 1.54) is 26.9 Å². The number of aryl methyl sites for hydroxylation is 3. The van der Waals surface area contributed by atoms with E-state index in [-0.39, 0.29) is 17.4 Å². The largest absolute Gasteiger partial charge is 0.369 e. The Bertz CT molecular complexity index is 1160. The Morgan fingerprint density at radius 3 is 2.52 bits per heavy atom. The van der Waals surface area contributed by atoms with Crippen molar-refractivity contribution in [2.24, 2.45) is 5.92 Å². The molecule has 1 saturated heterocycles. The Labute approximate surface area is 195 Å². The molecule has 6 heteroatoms. The topological polar surface area (TPSA) is 67.2 Å². The standard InChI is InChI=1S/C27H32N4O2/c1-19-12-20(2)25(21(3)13-19)16-28-27(33)23-10-7-11-30(18-23)24-14-26(32)31(29-15-24)17-22-8-5-4-6-9-22/h4-6,8-9,12-15,23H,7,10-11,16-18H2,1-3H3,(H,28,33)/t23-/m1/s1. The molecule has 1 aromatic heterocycles. The molecule has 0 saturated carbocycles. The summed E-state index contributed by atoms with van der Waals surface area (Å²) >= 11 is 0. The zero-order valence-corrected chi connectivity index (χ0v) is 19.7. The number of piperidine rings is 1. The summed E-state index contributed by atoms with van der Waals surface area (Å²) in [7, 11) is 0. The first kappa shape index (κ1) is 22.8. The van der Waals surface area contributed by atoms with Crippen LogP contribution in [0, 0.1) is 26.7 Å². The monoisotopic (exact) mass is 444 g/mol. The van der Waals surface area contributed by atoms with Gasteiger partial charge in [-0.1, -0.05) is 48.0 Å². The molecule has 33 heavy (non-hydrogen) atoms. The summed E-state index contributed by atoms with van der Waals surface area (Å²) in [5.41, 5.74) is 6.53. The number of carbonyl (C=O) groups excluding carboxylic acids is 1. The van der Waals surface area contributed by atoms with Crippen LogP contribution in [0.15, 0.2) is 59.5 Å². The van der Waals surface area contributed by atoms with E-state index in [1.54, 1.807) is 12.3 Å². The zero-order chi connectivity index (χ0) is 23.4. The summed E-state index contributed by atoms with van der Waals surface area (Å²) in [5, 5.41) is 7.53. The molecule has 172 valence electrons. The summed E-state index contributed by atoms with van der Waals surface area (Å²) in [5.74, 6) is -0.0268. The van der Waals surface area contributed by atoms with Gasteiger partial charge in [-0.15, -0.1) is 0 Å². The van der Waals surface area contributed by atoms with Gasteiger partial charge in [-0.2, -0.15) is 5.10 Å². The fourth-order valence-electron chi connectivity index (χ4n) is 4.71. The molecule has 1 aliphatic rings. The summed E-state index contributed by atoms with van der Waals surface area (Å²) in [6.45, 7) is 8.69. The van der Waals surface area contributed by atoms with E-state index in [9.17, 15) is 9.59 Å². The van der Waals surface area contributed by atoms with Crippen molar-refractivity contribution in [2.45, 2.75) is 46.7 Å². The predicted octanol–water partition coefficient (Wildman–Crippen LogP) is 3.75. The number of anilines is 1. The second-order valence-corrected chi connectivity index (χ2v) is 9.08. The minimum atomic E-state index is -0.131. The molecule has 1 fully saturated rings. The highest BCUT2D eigenvalue weighted by Crippen LogP contribution is 2.22. The molecule has 1 N–H and O–H groups in total. The molecule has 4 rings (SSSR count). The number of hydrogen-bond donors (Lipinski definition) is 1. The van der Waals surface area contributed by atoms with Crippen LogP contribution in [-0.4, -0.2) is 28.8 Å². The number of nitrogens with one attached hydrogen (secondary N) is 1. The van der Waals surface area contributed by atoms with Gasteiger partial charge in [0.2, 0.25) is 5.91 Å². The van der Waals surface area contributed by atoms with Crippen LogP contribution < -0.4 is 15.8 Å². The van der Waals surface area contributed by atoms with Crippen molar-refractivity contribution in [2.75, 3.05) is 18.0 Å². The SMILES string of the molecule is Cc1cc(C)c(CNC(=O)[C@@H]2CCCN(c3cnn(Cc4ccccc4)c(=O)c3)C2)c(C)c1. The van der Waals surface area contributed by atoms with Gasteiger partial charge in [-0.25, -0.2) is 4.68 Å². The van der Waals surface area contributed by atoms with E-state index in [4.69, 9.17) is 0 Å². The van der Waals surface area contributed by atoms with Crippen LogP contribution >= 0.6 is 0 Å². The highest BCUT2D eigenvalue weighted by molar-refractivity contribution is 5.79. The first-order valence-electron chi connectivity index (χ1n) is 11.6. The molecule has 0 bridgehead atoms. The lowest BCUT2D eigenvalue weighted by atomic mass is 9.96. The average Bonchev–Trinajstić information content (AvgIpc) is 2.80. The highest BCUT2D eigenvalue weighted by Gasteiger charge is 2.26. The molecule has 1 aliphatic heterocycles. The Morgan fingerprint density at radius 1 is 1.09 bits per heavy atom. The number of rotatable bonds is 6. The van der Waals surface area contributed by atoms with Gasteiger partial charge in [0, 0.05) is 25.7 Å². The van der Waals surface area contributed by atoms with Gasteiger partial charge in [0.1, 0.15) is 0 Å². The molecule has 1 amide bonds. The van der Waals surface area contributed by atoms with Crippen LogP contribution in [0.5, 0.6) is 0 Å². The Kier molecular flexibility index (Phi) is 6.92. The maximum absolute atomic E-state index is 12.9. The first-order valence-corrected chi connectivity index (χ1v) is 11.6. The van der Waals surface area contributed by atoms with Crippen molar-refractivity contribution in [1.82, 2.24) is 15.1 Å². The number of nitrogens with zero attached hydrogens (tertiary/aromatic N) is 3. The minimum absolute atomic E-state index is 0.0736. The molecule has 2 heterocycles. The molecule has 2 aromatic carbocycles. The van der Waals surface area contributed by atoms with Crippen LogP contribution in [0.3, 0.4) is 0 Å². The number of benzene rings is 2. The maximum Gasteiger partial charge on any atom is 0.269 e. The molecule has 0 radical (unpaired) electrons. The van der Waals surface area contributed by atoms with Crippen LogP contribution in [0.4, 0.5) is 5.69 Å². The van der Waals surface area contributed by atoms with Crippen molar-refractivity contribution >= 4 is 11.6 Å². The third-order valence-corrected chi connectivity index (χ3v) is 6.47. The van der Waals surface area contributed by atoms with Crippen LogP contribution in [0.25, 0.3) is 0 Å². The molecular weight excluding hydrogens is 412 g/mol.